The first kappa shape index (κ1) is 15.3. The number of rotatable bonds is 4. The van der Waals surface area contributed by atoms with Gasteiger partial charge in [0.15, 0.2) is 6.61 Å². The topological polar surface area (TPSA) is 81.4 Å². The summed E-state index contributed by atoms with van der Waals surface area (Å²) in [6, 6.07) is 6.13. The molecule has 0 fully saturated rings. The monoisotopic (exact) mass is 328 g/mol. The summed E-state index contributed by atoms with van der Waals surface area (Å²) in [5.41, 5.74) is 0.634. The summed E-state index contributed by atoms with van der Waals surface area (Å²) in [5, 5.41) is 6.29. The zero-order valence-corrected chi connectivity index (χ0v) is 12.4. The third-order valence-electron chi connectivity index (χ3n) is 2.39. The van der Waals surface area contributed by atoms with Gasteiger partial charge in [0, 0.05) is 6.07 Å². The number of halogens is 2. The summed E-state index contributed by atoms with van der Waals surface area (Å²) in [7, 11) is 0. The van der Waals surface area contributed by atoms with Gasteiger partial charge in [0.05, 0.1) is 21.3 Å². The van der Waals surface area contributed by atoms with Crippen LogP contribution >= 0.6 is 23.2 Å². The Balaban J connectivity index is 1.93. The smallest absolute Gasteiger partial charge is 0.341 e. The van der Waals surface area contributed by atoms with Crippen LogP contribution < -0.4 is 5.32 Å². The van der Waals surface area contributed by atoms with Gasteiger partial charge >= 0.3 is 5.97 Å². The molecular formula is C13H10Cl2N2O4. The lowest BCUT2D eigenvalue weighted by atomic mass is 10.2. The molecule has 6 nitrogen and oxygen atoms in total. The van der Waals surface area contributed by atoms with Gasteiger partial charge in [-0.1, -0.05) is 34.4 Å². The fourth-order valence-corrected chi connectivity index (χ4v) is 2.04. The van der Waals surface area contributed by atoms with Crippen molar-refractivity contribution >= 4 is 41.0 Å². The lowest BCUT2D eigenvalue weighted by Crippen LogP contribution is -2.21. The Morgan fingerprint density at radius 2 is 2.00 bits per heavy atom. The Morgan fingerprint density at radius 3 is 2.57 bits per heavy atom. The van der Waals surface area contributed by atoms with E-state index < -0.39 is 18.5 Å². The van der Waals surface area contributed by atoms with Crippen LogP contribution in [0, 0.1) is 6.92 Å². The van der Waals surface area contributed by atoms with Crippen molar-refractivity contribution in [1.82, 2.24) is 5.16 Å². The molecular weight excluding hydrogens is 319 g/mol. The molecule has 21 heavy (non-hydrogen) atoms. The Hall–Kier alpha value is -2.05. The van der Waals surface area contributed by atoms with E-state index in [4.69, 9.17) is 32.5 Å². The highest BCUT2D eigenvalue weighted by Crippen LogP contribution is 2.24. The number of carbonyl (C=O) groups excluding carboxylic acids is 2. The number of ether oxygens (including phenoxy) is 1. The molecule has 0 aliphatic rings. The first-order valence-electron chi connectivity index (χ1n) is 5.81. The Morgan fingerprint density at radius 1 is 1.33 bits per heavy atom. The number of hydrogen-bond acceptors (Lipinski definition) is 5. The molecule has 0 atom stereocenters. The summed E-state index contributed by atoms with van der Waals surface area (Å²) in [6.07, 6.45) is 0. The third-order valence-corrected chi connectivity index (χ3v) is 3.02. The molecule has 0 unspecified atom stereocenters. The number of hydrogen-bond donors (Lipinski definition) is 1. The minimum Gasteiger partial charge on any atom is -0.452 e. The van der Waals surface area contributed by atoms with E-state index in [1.807, 2.05) is 0 Å². The number of benzene rings is 1. The van der Waals surface area contributed by atoms with Crippen LogP contribution in [0.15, 0.2) is 28.8 Å². The number of nitrogens with zero attached hydrogens (tertiary/aromatic N) is 1. The molecule has 1 heterocycles. The first-order valence-corrected chi connectivity index (χ1v) is 6.57. The highest BCUT2D eigenvalue weighted by Gasteiger charge is 2.17. The van der Waals surface area contributed by atoms with Crippen molar-refractivity contribution in [2.75, 3.05) is 11.9 Å². The van der Waals surface area contributed by atoms with Gasteiger partial charge in [0.2, 0.25) is 5.88 Å². The number of amides is 1. The lowest BCUT2D eigenvalue weighted by molar-refractivity contribution is -0.119. The molecule has 1 amide bonds. The molecule has 0 bridgehead atoms. The standard InChI is InChI=1S/C13H10Cl2N2O4/c1-7-5-11(21-17-7)16-10(18)6-20-13(19)12-8(14)3-2-4-9(12)15/h2-5H,6H2,1H3,(H,16,18). The number of nitrogens with one attached hydrogen (secondary N) is 1. The van der Waals surface area contributed by atoms with Crippen LogP contribution in [0.25, 0.3) is 0 Å². The molecule has 0 aliphatic heterocycles. The number of aromatic nitrogens is 1. The average molecular weight is 329 g/mol. The highest BCUT2D eigenvalue weighted by molar-refractivity contribution is 6.39. The summed E-state index contributed by atoms with van der Waals surface area (Å²) in [5.74, 6) is -1.18. The molecule has 0 radical (unpaired) electrons. The Bertz CT molecular complexity index is 664. The molecule has 0 saturated heterocycles. The quantitative estimate of drug-likeness (QED) is 0.872. The molecule has 0 saturated carbocycles. The van der Waals surface area contributed by atoms with E-state index in [1.165, 1.54) is 18.2 Å². The minimum atomic E-state index is -0.783. The van der Waals surface area contributed by atoms with Gasteiger partial charge in [0.1, 0.15) is 0 Å². The van der Waals surface area contributed by atoms with Crippen molar-refractivity contribution in [2.45, 2.75) is 6.92 Å². The van der Waals surface area contributed by atoms with Crippen LogP contribution in [0.4, 0.5) is 5.88 Å². The number of aryl methyl sites for hydroxylation is 1. The second-order valence-electron chi connectivity index (χ2n) is 4.05. The molecule has 1 aromatic heterocycles. The van der Waals surface area contributed by atoms with Gasteiger partial charge in [-0.25, -0.2) is 4.79 Å². The minimum absolute atomic E-state index is 0.0177. The Kier molecular flexibility index (Phi) is 4.82. The van der Waals surface area contributed by atoms with Gasteiger partial charge in [0.25, 0.3) is 5.91 Å². The Labute approximate surface area is 130 Å². The molecule has 0 spiro atoms. The lowest BCUT2D eigenvalue weighted by Gasteiger charge is -2.07. The van der Waals surface area contributed by atoms with Gasteiger partial charge in [-0.3, -0.25) is 10.1 Å². The normalized spacial score (nSPS) is 10.2. The molecule has 110 valence electrons. The van der Waals surface area contributed by atoms with E-state index in [-0.39, 0.29) is 21.5 Å². The van der Waals surface area contributed by atoms with Crippen molar-refractivity contribution < 1.29 is 18.8 Å². The van der Waals surface area contributed by atoms with E-state index >= 15 is 0 Å². The van der Waals surface area contributed by atoms with Crippen molar-refractivity contribution in [2.24, 2.45) is 0 Å². The summed E-state index contributed by atoms with van der Waals surface area (Å²) < 4.78 is 9.65. The van der Waals surface area contributed by atoms with E-state index in [0.29, 0.717) is 5.69 Å². The molecule has 2 rings (SSSR count). The van der Waals surface area contributed by atoms with Crippen molar-refractivity contribution in [3.63, 3.8) is 0 Å². The largest absolute Gasteiger partial charge is 0.452 e. The van der Waals surface area contributed by atoms with Gasteiger partial charge in [-0.15, -0.1) is 0 Å². The zero-order valence-electron chi connectivity index (χ0n) is 10.9. The molecule has 1 aromatic carbocycles. The number of anilines is 1. The van der Waals surface area contributed by atoms with E-state index in [1.54, 1.807) is 13.0 Å². The number of carbonyl (C=O) groups is 2. The SMILES string of the molecule is Cc1cc(NC(=O)COC(=O)c2c(Cl)cccc2Cl)on1. The predicted octanol–water partition coefficient (Wildman–Crippen LogP) is 3.09. The fraction of sp³-hybridized carbons (Fsp3) is 0.154. The van der Waals surface area contributed by atoms with Crippen LogP contribution in [0.2, 0.25) is 10.0 Å². The van der Waals surface area contributed by atoms with Crippen LogP contribution in [0.3, 0.4) is 0 Å². The predicted molar refractivity (Wildman–Crippen MR) is 76.6 cm³/mol. The van der Waals surface area contributed by atoms with Crippen molar-refractivity contribution in [3.8, 4) is 0 Å². The van der Waals surface area contributed by atoms with E-state index in [9.17, 15) is 9.59 Å². The maximum absolute atomic E-state index is 11.8. The number of esters is 1. The zero-order chi connectivity index (χ0) is 15.4. The molecule has 1 N–H and O–H groups in total. The summed E-state index contributed by atoms with van der Waals surface area (Å²) in [6.45, 7) is 1.21. The third kappa shape index (κ3) is 3.96. The van der Waals surface area contributed by atoms with Crippen LogP contribution in [-0.4, -0.2) is 23.6 Å². The molecule has 8 heteroatoms. The summed E-state index contributed by atoms with van der Waals surface area (Å²) in [4.78, 5) is 23.4. The van der Waals surface area contributed by atoms with Crippen LogP contribution in [0.1, 0.15) is 16.1 Å². The van der Waals surface area contributed by atoms with Crippen molar-refractivity contribution in [1.29, 1.82) is 0 Å². The average Bonchev–Trinajstić information content (AvgIpc) is 2.81. The highest BCUT2D eigenvalue weighted by atomic mass is 35.5. The fourth-order valence-electron chi connectivity index (χ4n) is 1.49. The molecule has 2 aromatic rings. The van der Waals surface area contributed by atoms with Gasteiger partial charge in [-0.2, -0.15) is 0 Å². The van der Waals surface area contributed by atoms with Gasteiger partial charge in [-0.05, 0) is 19.1 Å². The van der Waals surface area contributed by atoms with Crippen molar-refractivity contribution in [3.05, 3.63) is 45.6 Å². The first-order chi connectivity index (χ1) is 9.97. The van der Waals surface area contributed by atoms with Crippen LogP contribution in [0.5, 0.6) is 0 Å². The van der Waals surface area contributed by atoms with Gasteiger partial charge < -0.3 is 9.26 Å². The second kappa shape index (κ2) is 6.60. The van der Waals surface area contributed by atoms with E-state index in [2.05, 4.69) is 10.5 Å². The second-order valence-corrected chi connectivity index (χ2v) is 4.87. The molecule has 0 aliphatic carbocycles. The van der Waals surface area contributed by atoms with E-state index in [0.717, 1.165) is 0 Å². The van der Waals surface area contributed by atoms with Crippen LogP contribution in [-0.2, 0) is 9.53 Å². The summed E-state index contributed by atoms with van der Waals surface area (Å²) >= 11 is 11.7. The maximum Gasteiger partial charge on any atom is 0.341 e. The maximum atomic E-state index is 11.8.